The van der Waals surface area contributed by atoms with Crippen LogP contribution in [0.3, 0.4) is 0 Å². The maximum Gasteiger partial charge on any atom is 0.252 e. The van der Waals surface area contributed by atoms with E-state index in [0.29, 0.717) is 38.0 Å². The van der Waals surface area contributed by atoms with Gasteiger partial charge in [-0.3, -0.25) is 9.59 Å². The van der Waals surface area contributed by atoms with Crippen molar-refractivity contribution in [3.8, 4) is 0 Å². The van der Waals surface area contributed by atoms with Crippen LogP contribution in [0.2, 0.25) is 0 Å². The minimum Gasteiger partial charge on any atom is -0.378 e. The van der Waals surface area contributed by atoms with Crippen molar-refractivity contribution < 1.29 is 14.3 Å². The number of nitrogens with zero attached hydrogens (tertiary/aromatic N) is 2. The normalized spacial score (nSPS) is 15.7. The highest BCUT2D eigenvalue weighted by Crippen LogP contribution is 2.18. The van der Waals surface area contributed by atoms with Crippen LogP contribution in [0.5, 0.6) is 0 Å². The lowest BCUT2D eigenvalue weighted by Crippen LogP contribution is -2.37. The van der Waals surface area contributed by atoms with Crippen LogP contribution in [0.1, 0.15) is 41.6 Å². The summed E-state index contributed by atoms with van der Waals surface area (Å²) in [5.74, 6) is 0.0212. The first-order valence-corrected chi connectivity index (χ1v) is 11.4. The zero-order chi connectivity index (χ0) is 21.3. The van der Waals surface area contributed by atoms with E-state index in [1.165, 1.54) is 11.3 Å². The largest absolute Gasteiger partial charge is 0.378 e. The number of nitrogens with one attached hydrogen (secondary N) is 1. The molecule has 1 fully saturated rings. The Morgan fingerprint density at radius 1 is 1.20 bits per heavy atom. The molecule has 2 amide bonds. The van der Waals surface area contributed by atoms with Gasteiger partial charge < -0.3 is 19.9 Å². The molecule has 0 spiro atoms. The highest BCUT2D eigenvalue weighted by Gasteiger charge is 2.22. The van der Waals surface area contributed by atoms with Crippen LogP contribution in [-0.2, 0) is 16.1 Å². The van der Waals surface area contributed by atoms with Crippen LogP contribution in [0.15, 0.2) is 41.1 Å². The smallest absolute Gasteiger partial charge is 0.252 e. The first kappa shape index (κ1) is 22.3. The van der Waals surface area contributed by atoms with Gasteiger partial charge in [0.15, 0.2) is 0 Å². The maximum atomic E-state index is 12.9. The minimum atomic E-state index is -0.0825. The van der Waals surface area contributed by atoms with Gasteiger partial charge in [0.05, 0.1) is 6.10 Å². The van der Waals surface area contributed by atoms with E-state index in [-0.39, 0.29) is 17.9 Å². The lowest BCUT2D eigenvalue weighted by molar-refractivity contribution is -0.133. The molecule has 1 N–H and O–H groups in total. The van der Waals surface area contributed by atoms with Crippen molar-refractivity contribution in [3.63, 3.8) is 0 Å². The van der Waals surface area contributed by atoms with E-state index in [0.717, 1.165) is 30.7 Å². The fraction of sp³-hybridized carbons (Fsp3) is 0.478. The Bertz CT molecular complexity index is 800. The quantitative estimate of drug-likeness (QED) is 0.587. The predicted octanol–water partition coefficient (Wildman–Crippen LogP) is 3.53. The Balaban J connectivity index is 1.52. The van der Waals surface area contributed by atoms with Gasteiger partial charge in [0.2, 0.25) is 5.91 Å². The van der Waals surface area contributed by atoms with E-state index in [4.69, 9.17) is 4.74 Å². The number of hydrogen-bond donors (Lipinski definition) is 1. The SMILES string of the molecule is CN(C)c1ccc(CN(CC2CCCO2)C(=O)CCCNC(=O)c2ccsc2)cc1. The van der Waals surface area contributed by atoms with E-state index < -0.39 is 0 Å². The van der Waals surface area contributed by atoms with Gasteiger partial charge in [-0.1, -0.05) is 12.1 Å². The van der Waals surface area contributed by atoms with Crippen molar-refractivity contribution in [2.24, 2.45) is 0 Å². The van der Waals surface area contributed by atoms with Crippen LogP contribution in [0.25, 0.3) is 0 Å². The molecule has 1 aliphatic heterocycles. The molecule has 1 atom stereocenters. The Kier molecular flexibility index (Phi) is 8.28. The van der Waals surface area contributed by atoms with Crippen LogP contribution < -0.4 is 10.2 Å². The van der Waals surface area contributed by atoms with Gasteiger partial charge >= 0.3 is 0 Å². The third-order valence-corrected chi connectivity index (χ3v) is 5.95. The molecule has 2 heterocycles. The maximum absolute atomic E-state index is 12.9. The molecule has 0 saturated carbocycles. The molecule has 2 aromatic rings. The molecule has 0 aliphatic carbocycles. The number of carbonyl (C=O) groups is 2. The highest BCUT2D eigenvalue weighted by atomic mass is 32.1. The number of hydrogen-bond acceptors (Lipinski definition) is 5. The third kappa shape index (κ3) is 6.57. The lowest BCUT2D eigenvalue weighted by atomic mass is 10.1. The molecule has 1 saturated heterocycles. The summed E-state index contributed by atoms with van der Waals surface area (Å²) in [6, 6.07) is 10.1. The number of carbonyl (C=O) groups excluding carboxylic acids is 2. The fourth-order valence-electron chi connectivity index (χ4n) is 3.50. The summed E-state index contributed by atoms with van der Waals surface area (Å²) >= 11 is 1.50. The monoisotopic (exact) mass is 429 g/mol. The fourth-order valence-corrected chi connectivity index (χ4v) is 4.14. The van der Waals surface area contributed by atoms with Crippen LogP contribution in [0, 0.1) is 0 Å². The molecule has 7 heteroatoms. The number of benzene rings is 1. The number of anilines is 1. The number of amides is 2. The molecule has 6 nitrogen and oxygen atoms in total. The summed E-state index contributed by atoms with van der Waals surface area (Å²) in [6.07, 6.45) is 3.20. The van der Waals surface area contributed by atoms with Crippen molar-refractivity contribution in [1.29, 1.82) is 0 Å². The summed E-state index contributed by atoms with van der Waals surface area (Å²) in [7, 11) is 4.03. The lowest BCUT2D eigenvalue weighted by Gasteiger charge is -2.26. The average molecular weight is 430 g/mol. The second-order valence-corrected chi connectivity index (χ2v) is 8.62. The predicted molar refractivity (Wildman–Crippen MR) is 121 cm³/mol. The molecule has 1 aromatic heterocycles. The van der Waals surface area contributed by atoms with Crippen molar-refractivity contribution in [2.45, 2.75) is 38.3 Å². The summed E-state index contributed by atoms with van der Waals surface area (Å²) in [5.41, 5.74) is 2.92. The van der Waals surface area contributed by atoms with Crippen molar-refractivity contribution >= 4 is 28.8 Å². The number of ether oxygens (including phenoxy) is 1. The van der Waals surface area contributed by atoms with E-state index in [9.17, 15) is 9.59 Å². The molecule has 30 heavy (non-hydrogen) atoms. The van der Waals surface area contributed by atoms with Gasteiger partial charge in [-0.15, -0.1) is 0 Å². The van der Waals surface area contributed by atoms with Gasteiger partial charge in [0.1, 0.15) is 0 Å². The summed E-state index contributed by atoms with van der Waals surface area (Å²) < 4.78 is 5.76. The van der Waals surface area contributed by atoms with Crippen LogP contribution in [-0.4, -0.2) is 56.6 Å². The van der Waals surface area contributed by atoms with Gasteiger partial charge in [-0.2, -0.15) is 11.3 Å². The minimum absolute atomic E-state index is 0.0825. The standard InChI is InChI=1S/C23H31N3O3S/c1-25(2)20-9-7-18(8-10-20)15-26(16-21-5-4-13-29-21)22(27)6-3-12-24-23(28)19-11-14-30-17-19/h7-11,14,17,21H,3-6,12-13,15-16H2,1-2H3,(H,24,28). The highest BCUT2D eigenvalue weighted by molar-refractivity contribution is 7.08. The average Bonchev–Trinajstić information content (AvgIpc) is 3.45. The van der Waals surface area contributed by atoms with Gasteiger partial charge in [0.25, 0.3) is 5.91 Å². The summed E-state index contributed by atoms with van der Waals surface area (Å²) in [4.78, 5) is 28.9. The molecule has 1 aliphatic rings. The summed E-state index contributed by atoms with van der Waals surface area (Å²) in [5, 5.41) is 6.59. The molecule has 3 rings (SSSR count). The first-order chi connectivity index (χ1) is 14.5. The van der Waals surface area contributed by atoms with Crippen molar-refractivity contribution in [3.05, 3.63) is 52.2 Å². The van der Waals surface area contributed by atoms with Crippen molar-refractivity contribution in [1.82, 2.24) is 10.2 Å². The zero-order valence-corrected chi connectivity index (χ0v) is 18.6. The molecular weight excluding hydrogens is 398 g/mol. The Labute approximate surface area is 182 Å². The van der Waals surface area contributed by atoms with Crippen molar-refractivity contribution in [2.75, 3.05) is 38.7 Å². The van der Waals surface area contributed by atoms with E-state index in [1.807, 2.05) is 29.8 Å². The number of thiophene rings is 1. The molecular formula is C23H31N3O3S. The topological polar surface area (TPSA) is 61.9 Å². The molecule has 1 aromatic carbocycles. The van der Waals surface area contributed by atoms with E-state index in [2.05, 4.69) is 34.5 Å². The van der Waals surface area contributed by atoms with Crippen LogP contribution in [0.4, 0.5) is 5.69 Å². The first-order valence-electron chi connectivity index (χ1n) is 10.5. The second kappa shape index (κ2) is 11.1. The van der Waals surface area contributed by atoms with Gasteiger partial charge in [-0.05, 0) is 48.4 Å². The molecule has 162 valence electrons. The number of rotatable bonds is 10. The third-order valence-electron chi connectivity index (χ3n) is 5.26. The zero-order valence-electron chi connectivity index (χ0n) is 17.8. The summed E-state index contributed by atoms with van der Waals surface area (Å²) in [6.45, 7) is 2.47. The van der Waals surface area contributed by atoms with Crippen LogP contribution >= 0.6 is 11.3 Å². The Morgan fingerprint density at radius 3 is 2.63 bits per heavy atom. The second-order valence-electron chi connectivity index (χ2n) is 7.84. The molecule has 0 radical (unpaired) electrons. The molecule has 0 bridgehead atoms. The Morgan fingerprint density at radius 2 is 2.00 bits per heavy atom. The van der Waals surface area contributed by atoms with Gasteiger partial charge in [-0.25, -0.2) is 0 Å². The Hall–Kier alpha value is -2.38. The van der Waals surface area contributed by atoms with E-state index in [1.54, 1.807) is 6.07 Å². The van der Waals surface area contributed by atoms with Gasteiger partial charge in [0, 0.05) is 63.4 Å². The molecule has 1 unspecified atom stereocenters. The van der Waals surface area contributed by atoms with E-state index >= 15 is 0 Å².